The van der Waals surface area contributed by atoms with Gasteiger partial charge in [-0.15, -0.1) is 0 Å². The maximum atomic E-state index is 14.4. The summed E-state index contributed by atoms with van der Waals surface area (Å²) in [4.78, 5) is 20.0. The Hall–Kier alpha value is -3.07. The number of hydrogen-bond donors (Lipinski definition) is 3. The number of nitrogens with one attached hydrogen (secondary N) is 2. The Morgan fingerprint density at radius 1 is 1.38 bits per heavy atom. The van der Waals surface area contributed by atoms with Gasteiger partial charge in [0, 0.05) is 10.9 Å². The van der Waals surface area contributed by atoms with E-state index in [1.54, 1.807) is 25.3 Å². The number of hydrogen-bond acceptors (Lipinski definition) is 6. The van der Waals surface area contributed by atoms with Crippen LogP contribution in [0.2, 0.25) is 0 Å². The minimum Gasteiger partial charge on any atom is -0.395 e. The van der Waals surface area contributed by atoms with Gasteiger partial charge in [-0.3, -0.25) is 9.89 Å². The number of carbonyl (C=O) groups excluding carboxylic acids is 1. The molecule has 3 aromatic heterocycles. The molecule has 0 aliphatic heterocycles. The number of carbonyl (C=O) groups is 1. The summed E-state index contributed by atoms with van der Waals surface area (Å²) in [6.07, 6.45) is 2.17. The summed E-state index contributed by atoms with van der Waals surface area (Å²) in [7, 11) is 0. The molecule has 3 heterocycles. The quantitative estimate of drug-likeness (QED) is 0.392. The number of anilines is 2. The number of rotatable bonds is 3. The van der Waals surface area contributed by atoms with Crippen LogP contribution in [-0.2, 0) is 4.79 Å². The van der Waals surface area contributed by atoms with E-state index >= 15 is 0 Å². The Morgan fingerprint density at radius 2 is 2.21 bits per heavy atom. The number of aromatic amines is 1. The monoisotopic (exact) mass is 342 g/mol. The van der Waals surface area contributed by atoms with Gasteiger partial charge in [0.15, 0.2) is 10.9 Å². The maximum Gasteiger partial charge on any atom is 0.213 e. The number of nitrogens with zero attached hydrogens (tertiary/aromatic N) is 3. The summed E-state index contributed by atoms with van der Waals surface area (Å²) in [5.74, 6) is -0.490. The zero-order chi connectivity index (χ0) is 16.8. The van der Waals surface area contributed by atoms with E-state index in [0.717, 1.165) is 0 Å². The molecule has 0 unspecified atom stereocenters. The number of pyridine rings is 1. The molecular formula is C15H11FN6OS. The predicted molar refractivity (Wildman–Crippen MR) is 91.3 cm³/mol. The molecule has 4 aromatic rings. The van der Waals surface area contributed by atoms with Crippen LogP contribution in [-0.4, -0.2) is 26.6 Å². The fourth-order valence-corrected chi connectivity index (χ4v) is 3.50. The number of nitrogen functional groups attached to an aromatic ring is 1. The van der Waals surface area contributed by atoms with Gasteiger partial charge >= 0.3 is 0 Å². The van der Waals surface area contributed by atoms with Crippen LogP contribution < -0.4 is 11.1 Å². The first kappa shape index (κ1) is 14.5. The van der Waals surface area contributed by atoms with E-state index in [0.29, 0.717) is 49.6 Å². The van der Waals surface area contributed by atoms with E-state index in [9.17, 15) is 9.18 Å². The first-order valence-electron chi connectivity index (χ1n) is 6.99. The summed E-state index contributed by atoms with van der Waals surface area (Å²) in [5.41, 5.74) is 8.59. The highest BCUT2D eigenvalue weighted by Gasteiger charge is 2.19. The van der Waals surface area contributed by atoms with Gasteiger partial charge in [0.05, 0.1) is 23.1 Å². The lowest BCUT2D eigenvalue weighted by atomic mass is 9.99. The number of aromatic nitrogens is 4. The van der Waals surface area contributed by atoms with Crippen LogP contribution in [0.5, 0.6) is 0 Å². The SMILES string of the molecule is Cc1c(F)c(N)c2[nH]ncc2c1-c1ccc2nc(NC=O)sc2n1. The van der Waals surface area contributed by atoms with Crippen LogP contribution in [0.1, 0.15) is 5.56 Å². The maximum absolute atomic E-state index is 14.4. The zero-order valence-electron chi connectivity index (χ0n) is 12.4. The second kappa shape index (κ2) is 5.24. The second-order valence-electron chi connectivity index (χ2n) is 5.19. The number of H-pyrrole nitrogens is 1. The van der Waals surface area contributed by atoms with Crippen LogP contribution in [0.4, 0.5) is 15.2 Å². The van der Waals surface area contributed by atoms with Crippen LogP contribution in [0.15, 0.2) is 18.3 Å². The molecule has 0 saturated carbocycles. The van der Waals surface area contributed by atoms with Gasteiger partial charge in [-0.1, -0.05) is 11.3 Å². The van der Waals surface area contributed by atoms with Crippen molar-refractivity contribution in [1.82, 2.24) is 20.2 Å². The van der Waals surface area contributed by atoms with Gasteiger partial charge in [0.2, 0.25) is 6.41 Å². The fourth-order valence-electron chi connectivity index (χ4n) is 2.70. The molecule has 4 N–H and O–H groups in total. The first-order valence-corrected chi connectivity index (χ1v) is 7.80. The van der Waals surface area contributed by atoms with Crippen molar-refractivity contribution in [3.05, 3.63) is 29.7 Å². The molecule has 4 rings (SSSR count). The first-order chi connectivity index (χ1) is 11.6. The summed E-state index contributed by atoms with van der Waals surface area (Å²) >= 11 is 1.24. The third-order valence-electron chi connectivity index (χ3n) is 3.81. The number of nitrogens with two attached hydrogens (primary N) is 1. The van der Waals surface area contributed by atoms with E-state index in [2.05, 4.69) is 25.5 Å². The highest BCUT2D eigenvalue weighted by molar-refractivity contribution is 7.21. The number of thiazole rings is 1. The molecule has 120 valence electrons. The molecule has 0 atom stereocenters. The smallest absolute Gasteiger partial charge is 0.213 e. The van der Waals surface area contributed by atoms with Crippen molar-refractivity contribution in [2.45, 2.75) is 6.92 Å². The Bertz CT molecular complexity index is 1100. The van der Waals surface area contributed by atoms with E-state index in [1.165, 1.54) is 11.3 Å². The van der Waals surface area contributed by atoms with Crippen molar-refractivity contribution >= 4 is 49.8 Å². The molecule has 0 bridgehead atoms. The largest absolute Gasteiger partial charge is 0.395 e. The molecule has 0 aliphatic rings. The zero-order valence-corrected chi connectivity index (χ0v) is 13.2. The lowest BCUT2D eigenvalue weighted by Crippen LogP contribution is -1.99. The molecule has 0 fully saturated rings. The van der Waals surface area contributed by atoms with Crippen molar-refractivity contribution < 1.29 is 9.18 Å². The minimum atomic E-state index is -0.490. The lowest BCUT2D eigenvalue weighted by Gasteiger charge is -2.10. The van der Waals surface area contributed by atoms with Gasteiger partial charge in [-0.25, -0.2) is 14.4 Å². The van der Waals surface area contributed by atoms with Crippen LogP contribution in [0.25, 0.3) is 32.5 Å². The molecule has 1 aromatic carbocycles. The standard InChI is InChI=1S/C15H11FN6OS/c1-6-10(7-4-19-22-13(7)12(17)11(6)16)8-2-3-9-14(20-8)24-15(21-9)18-5-23/h2-5H,17H2,1H3,(H,19,22)(H,18,21,23). The molecular weight excluding hydrogens is 331 g/mol. The van der Waals surface area contributed by atoms with Crippen LogP contribution in [0.3, 0.4) is 0 Å². The molecule has 0 saturated heterocycles. The molecule has 1 amide bonds. The van der Waals surface area contributed by atoms with Gasteiger partial charge in [0.25, 0.3) is 0 Å². The normalized spacial score (nSPS) is 11.2. The number of halogens is 1. The lowest BCUT2D eigenvalue weighted by molar-refractivity contribution is -0.105. The fraction of sp³-hybridized carbons (Fsp3) is 0.0667. The third-order valence-corrected chi connectivity index (χ3v) is 4.71. The second-order valence-corrected chi connectivity index (χ2v) is 6.17. The Labute approximate surface area is 138 Å². The van der Waals surface area contributed by atoms with Gasteiger partial charge in [-0.2, -0.15) is 5.10 Å². The Balaban J connectivity index is 1.99. The number of benzene rings is 1. The van der Waals surface area contributed by atoms with E-state index in [1.807, 2.05) is 0 Å². The minimum absolute atomic E-state index is 0.0417. The van der Waals surface area contributed by atoms with E-state index < -0.39 is 5.82 Å². The molecule has 0 radical (unpaired) electrons. The highest BCUT2D eigenvalue weighted by atomic mass is 32.1. The molecule has 24 heavy (non-hydrogen) atoms. The van der Waals surface area contributed by atoms with E-state index in [-0.39, 0.29) is 5.69 Å². The van der Waals surface area contributed by atoms with Gasteiger partial charge in [0.1, 0.15) is 10.3 Å². The molecule has 0 spiro atoms. The van der Waals surface area contributed by atoms with Crippen molar-refractivity contribution in [3.63, 3.8) is 0 Å². The summed E-state index contributed by atoms with van der Waals surface area (Å²) in [5, 5.41) is 10.4. The summed E-state index contributed by atoms with van der Waals surface area (Å²) in [6, 6.07) is 3.54. The van der Waals surface area contributed by atoms with Crippen LogP contribution in [0, 0.1) is 12.7 Å². The van der Waals surface area contributed by atoms with Crippen molar-refractivity contribution in [2.75, 3.05) is 11.1 Å². The molecule has 7 nitrogen and oxygen atoms in total. The topological polar surface area (TPSA) is 110 Å². The number of amides is 1. The van der Waals surface area contributed by atoms with E-state index in [4.69, 9.17) is 5.73 Å². The molecule has 9 heteroatoms. The van der Waals surface area contributed by atoms with Crippen molar-refractivity contribution in [1.29, 1.82) is 0 Å². The average Bonchev–Trinajstić information content (AvgIpc) is 3.19. The Kier molecular flexibility index (Phi) is 3.17. The third kappa shape index (κ3) is 2.02. The number of fused-ring (bicyclic) bond motifs is 2. The summed E-state index contributed by atoms with van der Waals surface area (Å²) in [6.45, 7) is 1.66. The van der Waals surface area contributed by atoms with Crippen LogP contribution >= 0.6 is 11.3 Å². The highest BCUT2D eigenvalue weighted by Crippen LogP contribution is 2.37. The molecule has 0 aliphatic carbocycles. The van der Waals surface area contributed by atoms with Crippen molar-refractivity contribution in [3.8, 4) is 11.3 Å². The van der Waals surface area contributed by atoms with Crippen molar-refractivity contribution in [2.24, 2.45) is 0 Å². The van der Waals surface area contributed by atoms with Gasteiger partial charge in [-0.05, 0) is 24.6 Å². The van der Waals surface area contributed by atoms with Gasteiger partial charge < -0.3 is 11.1 Å². The predicted octanol–water partition coefficient (Wildman–Crippen LogP) is 2.83. The summed E-state index contributed by atoms with van der Waals surface area (Å²) < 4.78 is 14.4. The average molecular weight is 342 g/mol. The Morgan fingerprint density at radius 3 is 3.00 bits per heavy atom.